The first kappa shape index (κ1) is 41.6. The summed E-state index contributed by atoms with van der Waals surface area (Å²) >= 11 is 0. The smallest absolute Gasteiger partial charge is 0.270 e. The number of phenolic OH excluding ortho intramolecular Hbond substituents is 2. The zero-order chi connectivity index (χ0) is 40.5. The topological polar surface area (TPSA) is 102 Å². The molecule has 7 heteroatoms. The maximum atomic E-state index is 12.5. The van der Waals surface area contributed by atoms with Crippen molar-refractivity contribution in [1.82, 2.24) is 0 Å². The highest BCUT2D eigenvalue weighted by atomic mass is 16.6. The number of hydrogen-bond donors (Lipinski definition) is 2. The number of unbranched alkanes of at least 4 members (excludes halogenated alkanes) is 2. The lowest BCUT2D eigenvalue weighted by atomic mass is 9.80. The minimum atomic E-state index is -0.377. The molecule has 0 aromatic heterocycles. The van der Waals surface area contributed by atoms with Gasteiger partial charge in [-0.15, -0.1) is 0 Å². The van der Waals surface area contributed by atoms with Crippen molar-refractivity contribution in [3.8, 4) is 23.0 Å². The fourth-order valence-corrected chi connectivity index (χ4v) is 7.31. The molecule has 1 aliphatic rings. The maximum absolute atomic E-state index is 12.5. The molecule has 0 spiro atoms. The molecule has 0 amide bonds. The van der Waals surface area contributed by atoms with Gasteiger partial charge in [0.2, 0.25) is 0 Å². The summed E-state index contributed by atoms with van der Waals surface area (Å²) < 4.78 is 13.3. The number of phenols is 2. The molecule has 0 radical (unpaired) electrons. The molecule has 55 heavy (non-hydrogen) atoms. The first-order valence-corrected chi connectivity index (χ1v) is 20.1. The van der Waals surface area contributed by atoms with Crippen molar-refractivity contribution in [3.63, 3.8) is 0 Å². The van der Waals surface area contributed by atoms with E-state index in [4.69, 9.17) is 9.47 Å². The van der Waals surface area contributed by atoms with Gasteiger partial charge in [-0.05, 0) is 79.2 Å². The second-order valence-electron chi connectivity index (χ2n) is 18.6. The van der Waals surface area contributed by atoms with Gasteiger partial charge in [0.15, 0.2) is 0 Å². The zero-order valence-electron chi connectivity index (χ0n) is 35.2. The van der Waals surface area contributed by atoms with E-state index in [0.29, 0.717) is 48.7 Å². The molecular weight excluding hydrogens is 687 g/mol. The summed E-state index contributed by atoms with van der Waals surface area (Å²) in [7, 11) is 0. The van der Waals surface area contributed by atoms with Crippen LogP contribution in [0.15, 0.2) is 48.5 Å². The zero-order valence-corrected chi connectivity index (χ0v) is 35.2. The molecule has 0 heterocycles. The fraction of sp³-hybridized carbons (Fsp3) is 0.500. The van der Waals surface area contributed by atoms with Gasteiger partial charge in [0, 0.05) is 48.9 Å². The first-order valence-electron chi connectivity index (χ1n) is 20.1. The van der Waals surface area contributed by atoms with Gasteiger partial charge >= 0.3 is 0 Å². The van der Waals surface area contributed by atoms with Crippen LogP contribution in [-0.4, -0.2) is 28.4 Å². The van der Waals surface area contributed by atoms with E-state index < -0.39 is 0 Å². The van der Waals surface area contributed by atoms with Gasteiger partial charge in [0.25, 0.3) is 5.69 Å². The summed E-state index contributed by atoms with van der Waals surface area (Å²) in [6.45, 7) is 24.8. The molecule has 7 nitrogen and oxygen atoms in total. The summed E-state index contributed by atoms with van der Waals surface area (Å²) in [6.07, 6.45) is 4.92. The van der Waals surface area contributed by atoms with E-state index in [2.05, 4.69) is 113 Å². The van der Waals surface area contributed by atoms with Crippen LogP contribution in [0.3, 0.4) is 0 Å². The Bertz CT molecular complexity index is 1910. The van der Waals surface area contributed by atoms with Crippen LogP contribution in [0.25, 0.3) is 0 Å². The molecule has 0 fully saturated rings. The SMILES string of the molecule is CCCCOc1c2cc(C(C)(C)C)cc1Cc1cc(C(C)(C)C)cc(c1O)Cc1cc(C(C)(C)C)cc(c1OCCCC)Cc1cc([N+](=O)[O-])cc(c1O)C2. The highest BCUT2D eigenvalue weighted by Gasteiger charge is 2.28. The number of benzene rings is 4. The molecule has 4 aromatic rings. The highest BCUT2D eigenvalue weighted by Crippen LogP contribution is 2.43. The standard InChI is InChI=1S/C48H63NO6/c1-12-14-16-54-44-34-18-30-22-38(46(3,4)5)23-31(42(30)50)19-35-25-40(48(9,10)11)27-37(45(35)55-17-15-13-2)21-33-29-41(49(52)53)28-32(43(33)51)20-36(44)26-39(24-34)47(6,7)8/h22-29,50-51H,12-21H2,1-11H3. The van der Waals surface area contributed by atoms with Crippen LogP contribution < -0.4 is 9.47 Å². The van der Waals surface area contributed by atoms with Crippen LogP contribution in [0, 0.1) is 10.1 Å². The van der Waals surface area contributed by atoms with Gasteiger partial charge in [0.05, 0.1) is 18.1 Å². The maximum Gasteiger partial charge on any atom is 0.270 e. The van der Waals surface area contributed by atoms with Gasteiger partial charge < -0.3 is 19.7 Å². The van der Waals surface area contributed by atoms with Gasteiger partial charge in [-0.2, -0.15) is 0 Å². The largest absolute Gasteiger partial charge is 0.507 e. The highest BCUT2D eigenvalue weighted by molar-refractivity contribution is 5.60. The summed E-state index contributed by atoms with van der Waals surface area (Å²) in [5.41, 5.74) is 8.69. The molecule has 0 aliphatic heterocycles. The third kappa shape index (κ3) is 9.66. The minimum absolute atomic E-state index is 0.0415. The van der Waals surface area contributed by atoms with E-state index in [1.165, 1.54) is 12.1 Å². The average Bonchev–Trinajstić information content (AvgIpc) is 3.08. The molecule has 5 rings (SSSR count). The Balaban J connectivity index is 1.92. The Morgan fingerprint density at radius 1 is 0.527 bits per heavy atom. The molecule has 8 bridgehead atoms. The lowest BCUT2D eigenvalue weighted by Gasteiger charge is -2.27. The normalized spacial score (nSPS) is 13.4. The van der Waals surface area contributed by atoms with Crippen molar-refractivity contribution in [1.29, 1.82) is 0 Å². The Labute approximate surface area is 329 Å². The molecule has 0 saturated carbocycles. The second-order valence-corrected chi connectivity index (χ2v) is 18.6. The van der Waals surface area contributed by atoms with E-state index in [0.717, 1.165) is 75.8 Å². The van der Waals surface area contributed by atoms with Crippen LogP contribution in [0.5, 0.6) is 23.0 Å². The number of non-ortho nitro benzene ring substituents is 1. The van der Waals surface area contributed by atoms with Crippen LogP contribution in [-0.2, 0) is 41.9 Å². The van der Waals surface area contributed by atoms with Crippen molar-refractivity contribution < 1.29 is 24.6 Å². The number of ether oxygens (including phenoxy) is 2. The van der Waals surface area contributed by atoms with Crippen molar-refractivity contribution >= 4 is 5.69 Å². The van der Waals surface area contributed by atoms with E-state index in [1.54, 1.807) is 0 Å². The van der Waals surface area contributed by atoms with E-state index in [9.17, 15) is 20.3 Å². The molecule has 2 N–H and O–H groups in total. The number of aromatic hydroxyl groups is 2. The third-order valence-corrected chi connectivity index (χ3v) is 10.8. The van der Waals surface area contributed by atoms with Crippen LogP contribution in [0.2, 0.25) is 0 Å². The molecule has 0 atom stereocenters. The Morgan fingerprint density at radius 3 is 1.05 bits per heavy atom. The van der Waals surface area contributed by atoms with E-state index in [-0.39, 0.29) is 51.2 Å². The molecule has 0 unspecified atom stereocenters. The van der Waals surface area contributed by atoms with Crippen molar-refractivity contribution in [2.75, 3.05) is 13.2 Å². The molecule has 4 aromatic carbocycles. The number of rotatable bonds is 9. The molecular formula is C48H63NO6. The first-order chi connectivity index (χ1) is 25.7. The predicted octanol–water partition coefficient (Wildman–Crippen LogP) is 11.9. The Kier molecular flexibility index (Phi) is 12.3. The van der Waals surface area contributed by atoms with Crippen molar-refractivity contribution in [3.05, 3.63) is 120 Å². The van der Waals surface area contributed by atoms with E-state index in [1.807, 2.05) is 0 Å². The molecule has 1 aliphatic carbocycles. The molecule has 296 valence electrons. The lowest BCUT2D eigenvalue weighted by Crippen LogP contribution is -2.16. The summed E-state index contributed by atoms with van der Waals surface area (Å²) in [5.74, 6) is 1.72. The second kappa shape index (κ2) is 16.3. The average molecular weight is 750 g/mol. The van der Waals surface area contributed by atoms with Gasteiger partial charge in [-0.25, -0.2) is 0 Å². The van der Waals surface area contributed by atoms with Crippen molar-refractivity contribution in [2.45, 2.75) is 144 Å². The van der Waals surface area contributed by atoms with Crippen LogP contribution in [0.4, 0.5) is 5.69 Å². The van der Waals surface area contributed by atoms with Crippen LogP contribution >= 0.6 is 0 Å². The minimum Gasteiger partial charge on any atom is -0.507 e. The van der Waals surface area contributed by atoms with Gasteiger partial charge in [-0.1, -0.05) is 125 Å². The number of nitrogens with zero attached hydrogens (tertiary/aromatic N) is 1. The lowest BCUT2D eigenvalue weighted by molar-refractivity contribution is -0.385. The summed E-state index contributed by atoms with van der Waals surface area (Å²) in [6, 6.07) is 15.9. The van der Waals surface area contributed by atoms with E-state index >= 15 is 0 Å². The monoisotopic (exact) mass is 749 g/mol. The Hall–Kier alpha value is -4.52. The van der Waals surface area contributed by atoms with Gasteiger partial charge in [0.1, 0.15) is 23.0 Å². The third-order valence-electron chi connectivity index (χ3n) is 10.8. The fourth-order valence-electron chi connectivity index (χ4n) is 7.31. The predicted molar refractivity (Wildman–Crippen MR) is 224 cm³/mol. The quantitative estimate of drug-likeness (QED) is 0.0884. The number of nitro benzene ring substituents is 1. The summed E-state index contributed by atoms with van der Waals surface area (Å²) in [5, 5.41) is 36.9. The van der Waals surface area contributed by atoms with Crippen molar-refractivity contribution in [2.24, 2.45) is 0 Å². The van der Waals surface area contributed by atoms with Crippen LogP contribution in [0.1, 0.15) is 163 Å². The molecule has 0 saturated heterocycles. The van der Waals surface area contributed by atoms with Gasteiger partial charge in [-0.3, -0.25) is 10.1 Å². The summed E-state index contributed by atoms with van der Waals surface area (Å²) in [4.78, 5) is 12.1. The Morgan fingerprint density at radius 2 is 0.800 bits per heavy atom. The number of nitro groups is 1. The number of fused-ring (bicyclic) bond motifs is 8. The number of hydrogen-bond acceptors (Lipinski definition) is 6.